The summed E-state index contributed by atoms with van der Waals surface area (Å²) in [4.78, 5) is 30.3. The number of benzene rings is 1. The summed E-state index contributed by atoms with van der Waals surface area (Å²) in [6.07, 6.45) is 2.48. The largest absolute Gasteiger partial charge is 0.370 e. The molecule has 0 bridgehead atoms. The maximum absolute atomic E-state index is 13.2. The van der Waals surface area contributed by atoms with Gasteiger partial charge < -0.3 is 15.5 Å². The molecular formula is C28H37N9O. The van der Waals surface area contributed by atoms with E-state index in [4.69, 9.17) is 5.10 Å². The first-order valence-electron chi connectivity index (χ1n) is 13.1. The lowest BCUT2D eigenvalue weighted by Gasteiger charge is -2.19. The van der Waals surface area contributed by atoms with Crippen molar-refractivity contribution in [2.45, 2.75) is 40.7 Å². The molecule has 0 saturated carbocycles. The van der Waals surface area contributed by atoms with Crippen molar-refractivity contribution >= 4 is 34.3 Å². The van der Waals surface area contributed by atoms with E-state index in [-0.39, 0.29) is 6.03 Å². The predicted octanol–water partition coefficient (Wildman–Crippen LogP) is 4.70. The lowest BCUT2D eigenvalue weighted by atomic mass is 10.1. The summed E-state index contributed by atoms with van der Waals surface area (Å²) in [5.41, 5.74) is 4.37. The van der Waals surface area contributed by atoms with Gasteiger partial charge in [0.15, 0.2) is 0 Å². The van der Waals surface area contributed by atoms with Gasteiger partial charge in [0.05, 0.1) is 29.1 Å². The lowest BCUT2D eigenvalue weighted by molar-refractivity contribution is 0.258. The zero-order valence-electron chi connectivity index (χ0n) is 22.9. The van der Waals surface area contributed by atoms with Crippen LogP contribution in [0, 0.1) is 13.8 Å². The summed E-state index contributed by atoms with van der Waals surface area (Å²) in [6, 6.07) is 13.3. The zero-order chi connectivity index (χ0) is 27.1. The van der Waals surface area contributed by atoms with Crippen LogP contribution in [0.1, 0.15) is 37.4 Å². The zero-order valence-corrected chi connectivity index (χ0v) is 22.9. The number of nitrogens with zero attached hydrogens (tertiary/aromatic N) is 7. The highest BCUT2D eigenvalue weighted by Crippen LogP contribution is 2.28. The minimum absolute atomic E-state index is 0.295. The van der Waals surface area contributed by atoms with Gasteiger partial charge in [0.2, 0.25) is 0 Å². The smallest absolute Gasteiger partial charge is 0.327 e. The summed E-state index contributed by atoms with van der Waals surface area (Å²) >= 11 is 0. The van der Waals surface area contributed by atoms with E-state index in [1.54, 1.807) is 13.1 Å². The van der Waals surface area contributed by atoms with Gasteiger partial charge >= 0.3 is 6.03 Å². The number of fused-ring (bicyclic) bond motifs is 1. The van der Waals surface area contributed by atoms with Crippen molar-refractivity contribution in [3.05, 3.63) is 65.9 Å². The van der Waals surface area contributed by atoms with Gasteiger partial charge in [-0.15, -0.1) is 0 Å². The van der Waals surface area contributed by atoms with Crippen LogP contribution in [-0.2, 0) is 6.54 Å². The normalized spacial score (nSPS) is 11.2. The molecule has 0 atom stereocenters. The number of aryl methyl sites for hydroxylation is 2. The molecule has 3 aromatic heterocycles. The number of rotatable bonds is 11. The molecule has 38 heavy (non-hydrogen) atoms. The standard InChI is InChI=1S/C28H37N9O/c1-6-36(7-2)16-10-15-29-25-17-26(31-19-30-25)35(5)28(38)33-23-13-9-14-24-27(23)21(4)34-37(24)18-22-12-8-11-20(3)32-22/h8-9,11-14,17,19H,6-7,10,15-16,18H2,1-5H3,(H,33,38)(H,29,30,31). The fourth-order valence-corrected chi connectivity index (χ4v) is 4.48. The van der Waals surface area contributed by atoms with E-state index < -0.39 is 0 Å². The first-order valence-corrected chi connectivity index (χ1v) is 13.1. The fourth-order valence-electron chi connectivity index (χ4n) is 4.48. The van der Waals surface area contributed by atoms with E-state index >= 15 is 0 Å². The van der Waals surface area contributed by atoms with Gasteiger partial charge in [-0.2, -0.15) is 5.10 Å². The Hall–Kier alpha value is -4.05. The summed E-state index contributed by atoms with van der Waals surface area (Å²) < 4.78 is 1.93. The van der Waals surface area contributed by atoms with Crippen LogP contribution in [-0.4, -0.2) is 68.9 Å². The quantitative estimate of drug-likeness (QED) is 0.279. The molecule has 0 fully saturated rings. The van der Waals surface area contributed by atoms with Gasteiger partial charge in [0, 0.05) is 30.7 Å². The number of urea groups is 1. The number of aromatic nitrogens is 5. The van der Waals surface area contributed by atoms with Crippen molar-refractivity contribution < 1.29 is 4.79 Å². The Morgan fingerprint density at radius 1 is 1.05 bits per heavy atom. The molecule has 0 aliphatic heterocycles. The van der Waals surface area contributed by atoms with Gasteiger partial charge in [-0.05, 0) is 64.2 Å². The van der Waals surface area contributed by atoms with Crippen LogP contribution in [0.4, 0.5) is 22.1 Å². The van der Waals surface area contributed by atoms with E-state index in [1.165, 1.54) is 11.2 Å². The third-order valence-electron chi connectivity index (χ3n) is 6.61. The molecule has 0 saturated heterocycles. The first kappa shape index (κ1) is 27.0. The van der Waals surface area contributed by atoms with Crippen LogP contribution in [0.25, 0.3) is 10.9 Å². The third kappa shape index (κ3) is 6.44. The van der Waals surface area contributed by atoms with Crippen molar-refractivity contribution in [3.8, 4) is 0 Å². The predicted molar refractivity (Wildman–Crippen MR) is 153 cm³/mol. The molecule has 200 valence electrons. The van der Waals surface area contributed by atoms with E-state index in [9.17, 15) is 4.79 Å². The number of amides is 2. The number of carbonyl (C=O) groups excluding carboxylic acids is 1. The molecule has 10 nitrogen and oxygen atoms in total. The summed E-state index contributed by atoms with van der Waals surface area (Å²) in [5, 5.41) is 12.0. The monoisotopic (exact) mass is 515 g/mol. The molecule has 1 aromatic carbocycles. The first-order chi connectivity index (χ1) is 18.4. The van der Waals surface area contributed by atoms with Crippen molar-refractivity contribution in [3.63, 3.8) is 0 Å². The van der Waals surface area contributed by atoms with Gasteiger partial charge in [-0.1, -0.05) is 26.0 Å². The average molecular weight is 516 g/mol. The molecule has 3 heterocycles. The minimum atomic E-state index is -0.295. The number of carbonyl (C=O) groups is 1. The Morgan fingerprint density at radius 2 is 1.84 bits per heavy atom. The van der Waals surface area contributed by atoms with E-state index in [2.05, 4.69) is 44.3 Å². The topological polar surface area (TPSA) is 104 Å². The van der Waals surface area contributed by atoms with Gasteiger partial charge in [0.1, 0.15) is 18.0 Å². The van der Waals surface area contributed by atoms with Crippen LogP contribution in [0.5, 0.6) is 0 Å². The maximum Gasteiger partial charge on any atom is 0.327 e. The van der Waals surface area contributed by atoms with Crippen LogP contribution in [0.2, 0.25) is 0 Å². The van der Waals surface area contributed by atoms with Gasteiger partial charge in [0.25, 0.3) is 0 Å². The van der Waals surface area contributed by atoms with Crippen LogP contribution >= 0.6 is 0 Å². The Kier molecular flexibility index (Phi) is 8.85. The Bertz CT molecular complexity index is 1380. The molecule has 10 heteroatoms. The number of anilines is 3. The van der Waals surface area contributed by atoms with Crippen molar-refractivity contribution in [2.24, 2.45) is 0 Å². The number of hydrogen-bond acceptors (Lipinski definition) is 7. The molecule has 4 aromatic rings. The van der Waals surface area contributed by atoms with Crippen molar-refractivity contribution in [2.75, 3.05) is 48.8 Å². The second-order valence-corrected chi connectivity index (χ2v) is 9.27. The third-order valence-corrected chi connectivity index (χ3v) is 6.61. The van der Waals surface area contributed by atoms with E-state index in [0.29, 0.717) is 23.9 Å². The highest BCUT2D eigenvalue weighted by molar-refractivity contribution is 6.07. The summed E-state index contributed by atoms with van der Waals surface area (Å²) in [6.45, 7) is 12.7. The highest BCUT2D eigenvalue weighted by Gasteiger charge is 2.17. The molecule has 2 amide bonds. The van der Waals surface area contributed by atoms with Crippen molar-refractivity contribution in [1.29, 1.82) is 0 Å². The molecule has 0 unspecified atom stereocenters. The SMILES string of the molecule is CCN(CC)CCCNc1cc(N(C)C(=O)Nc2cccc3c2c(C)nn3Cc2cccc(C)n2)ncn1. The number of pyridine rings is 1. The number of hydrogen-bond donors (Lipinski definition) is 2. The molecule has 0 spiro atoms. The lowest BCUT2D eigenvalue weighted by Crippen LogP contribution is -2.32. The molecule has 0 aliphatic rings. The minimum Gasteiger partial charge on any atom is -0.370 e. The number of nitrogens with one attached hydrogen (secondary N) is 2. The van der Waals surface area contributed by atoms with Gasteiger partial charge in [-0.3, -0.25) is 14.6 Å². The fraction of sp³-hybridized carbons (Fsp3) is 0.393. The Morgan fingerprint density at radius 3 is 2.61 bits per heavy atom. The van der Waals surface area contributed by atoms with Gasteiger partial charge in [-0.25, -0.2) is 14.8 Å². The molecule has 0 aliphatic carbocycles. The second kappa shape index (κ2) is 12.5. The molecule has 4 rings (SSSR count). The molecular weight excluding hydrogens is 478 g/mol. The summed E-state index contributed by atoms with van der Waals surface area (Å²) in [5.74, 6) is 1.20. The maximum atomic E-state index is 13.2. The average Bonchev–Trinajstić information content (AvgIpc) is 3.24. The van der Waals surface area contributed by atoms with E-state index in [1.807, 2.05) is 54.9 Å². The second-order valence-electron chi connectivity index (χ2n) is 9.27. The molecule has 2 N–H and O–H groups in total. The highest BCUT2D eigenvalue weighted by atomic mass is 16.2. The Balaban J connectivity index is 1.45. The van der Waals surface area contributed by atoms with Crippen molar-refractivity contribution in [1.82, 2.24) is 29.6 Å². The van der Waals surface area contributed by atoms with Crippen LogP contribution in [0.15, 0.2) is 48.8 Å². The Labute approximate surface area is 224 Å². The molecule has 0 radical (unpaired) electrons. The summed E-state index contributed by atoms with van der Waals surface area (Å²) in [7, 11) is 1.70. The van der Waals surface area contributed by atoms with E-state index in [0.717, 1.165) is 60.6 Å². The van der Waals surface area contributed by atoms with Crippen LogP contribution in [0.3, 0.4) is 0 Å². The van der Waals surface area contributed by atoms with Crippen LogP contribution < -0.4 is 15.5 Å².